The van der Waals surface area contributed by atoms with E-state index < -0.39 is 32.7 Å². The molecule has 0 bridgehead atoms. The highest BCUT2D eigenvalue weighted by molar-refractivity contribution is 6.76. The Morgan fingerprint density at radius 3 is 2.48 bits per heavy atom. The number of methoxy groups -OCH3 is 1. The summed E-state index contributed by atoms with van der Waals surface area (Å²) in [7, 11) is 0.360. The van der Waals surface area contributed by atoms with Gasteiger partial charge in [0, 0.05) is 52.2 Å². The molecule has 1 saturated carbocycles. The predicted octanol–water partition coefficient (Wildman–Crippen LogP) is 6.23. The van der Waals surface area contributed by atoms with E-state index in [-0.39, 0.29) is 31.1 Å². The van der Waals surface area contributed by atoms with Crippen LogP contribution >= 0.6 is 0 Å². The summed E-state index contributed by atoms with van der Waals surface area (Å²) in [4.78, 5) is 35.9. The van der Waals surface area contributed by atoms with E-state index in [2.05, 4.69) is 29.5 Å². The van der Waals surface area contributed by atoms with Crippen molar-refractivity contribution < 1.29 is 32.6 Å². The fourth-order valence-electron chi connectivity index (χ4n) is 5.95. The highest BCUT2D eigenvalue weighted by Gasteiger charge is 2.37. The van der Waals surface area contributed by atoms with Gasteiger partial charge < -0.3 is 28.6 Å². The van der Waals surface area contributed by atoms with Gasteiger partial charge in [-0.2, -0.15) is 0 Å². The predicted molar refractivity (Wildman–Crippen MR) is 169 cm³/mol. The zero-order valence-electron chi connectivity index (χ0n) is 27.3. The summed E-state index contributed by atoms with van der Waals surface area (Å²) >= 11 is 0. The number of hydrogen-bond acceptors (Lipinski definition) is 7. The third-order valence-electron chi connectivity index (χ3n) is 8.15. The van der Waals surface area contributed by atoms with Crippen LogP contribution in [0, 0.1) is 5.92 Å². The molecule has 1 aliphatic carbocycles. The summed E-state index contributed by atoms with van der Waals surface area (Å²) in [6.45, 7) is 13.4. The highest BCUT2D eigenvalue weighted by Crippen LogP contribution is 2.39. The Morgan fingerprint density at radius 2 is 1.86 bits per heavy atom. The molecule has 246 valence electrons. The fourth-order valence-corrected chi connectivity index (χ4v) is 6.70. The molecule has 2 aromatic rings. The molecule has 2 aromatic heterocycles. The molecule has 0 N–H and O–H groups in total. The SMILES string of the molecule is COCN1CN([C@H]2CC[C@H](CN(CC(F)F)C(=O)OC(C)(C)C)CC2)c2c(cnc3c2ccn3COCC[Si](C)(C)C)C1=O. The molecule has 10 nitrogen and oxygen atoms in total. The highest BCUT2D eigenvalue weighted by atomic mass is 28.3. The van der Waals surface area contributed by atoms with Crippen LogP contribution in [0.15, 0.2) is 18.5 Å². The number of rotatable bonds is 12. The standard InChI is InChI=1S/C31H49F2N5O5Si/c1-31(2,3)43-30(40)36(18-26(32)33)17-22-8-10-23(11-9-22)38-19-37(20-41-4)29(39)25-16-34-28-24(27(25)38)12-13-35(28)21-42-14-15-44(5,6)7/h12-13,16,22-23,26H,8-11,14-15,17-21H2,1-7H3/t22-,23-. The fraction of sp³-hybridized carbons (Fsp3) is 0.710. The second-order valence-electron chi connectivity index (χ2n) is 14.2. The van der Waals surface area contributed by atoms with Crippen LogP contribution in [0.3, 0.4) is 0 Å². The number of alkyl halides is 2. The lowest BCUT2D eigenvalue weighted by Gasteiger charge is -2.45. The van der Waals surface area contributed by atoms with Crippen LogP contribution in [-0.2, 0) is 20.9 Å². The molecular weight excluding hydrogens is 588 g/mol. The zero-order chi connectivity index (χ0) is 32.2. The molecule has 0 unspecified atom stereocenters. The van der Waals surface area contributed by atoms with Crippen LogP contribution in [0.5, 0.6) is 0 Å². The first-order valence-corrected chi connectivity index (χ1v) is 19.2. The summed E-state index contributed by atoms with van der Waals surface area (Å²) in [5, 5.41) is 0.900. The maximum absolute atomic E-state index is 13.5. The van der Waals surface area contributed by atoms with Crippen LogP contribution < -0.4 is 4.90 Å². The Labute approximate surface area is 260 Å². The molecule has 2 amide bonds. The number of fused-ring (bicyclic) bond motifs is 3. The van der Waals surface area contributed by atoms with E-state index in [1.165, 1.54) is 0 Å². The number of carbonyl (C=O) groups excluding carboxylic acids is 2. The summed E-state index contributed by atoms with van der Waals surface area (Å²) in [5.41, 5.74) is 1.41. The maximum atomic E-state index is 13.5. The van der Waals surface area contributed by atoms with Crippen LogP contribution in [0.4, 0.5) is 19.3 Å². The van der Waals surface area contributed by atoms with E-state index in [0.717, 1.165) is 53.3 Å². The van der Waals surface area contributed by atoms with E-state index >= 15 is 0 Å². The third kappa shape index (κ3) is 8.69. The van der Waals surface area contributed by atoms with Gasteiger partial charge in [-0.3, -0.25) is 9.69 Å². The number of anilines is 1. The van der Waals surface area contributed by atoms with E-state index in [1.807, 2.05) is 16.8 Å². The average molecular weight is 638 g/mol. The van der Waals surface area contributed by atoms with Gasteiger partial charge in [-0.1, -0.05) is 19.6 Å². The van der Waals surface area contributed by atoms with Gasteiger partial charge in [-0.15, -0.1) is 0 Å². The van der Waals surface area contributed by atoms with Crippen molar-refractivity contribution in [3.05, 3.63) is 24.0 Å². The number of hydrogen-bond donors (Lipinski definition) is 0. The maximum Gasteiger partial charge on any atom is 0.410 e. The van der Waals surface area contributed by atoms with Crippen molar-refractivity contribution >= 4 is 36.8 Å². The minimum atomic E-state index is -2.64. The first kappa shape index (κ1) is 34.1. The average Bonchev–Trinajstić information content (AvgIpc) is 3.34. The summed E-state index contributed by atoms with van der Waals surface area (Å²) in [5.74, 6) is -0.0503. The zero-order valence-corrected chi connectivity index (χ0v) is 28.3. The molecule has 1 aliphatic heterocycles. The van der Waals surface area contributed by atoms with Crippen LogP contribution in [0.25, 0.3) is 11.0 Å². The van der Waals surface area contributed by atoms with E-state index in [4.69, 9.17) is 14.2 Å². The molecule has 0 spiro atoms. The molecule has 13 heteroatoms. The van der Waals surface area contributed by atoms with Crippen LogP contribution in [0.1, 0.15) is 56.8 Å². The topological polar surface area (TPSA) is 89.4 Å². The first-order valence-electron chi connectivity index (χ1n) is 15.5. The second kappa shape index (κ2) is 14.1. The number of ether oxygens (including phenoxy) is 3. The monoisotopic (exact) mass is 637 g/mol. The lowest BCUT2D eigenvalue weighted by molar-refractivity contribution is 0.00492. The van der Waals surface area contributed by atoms with E-state index in [9.17, 15) is 18.4 Å². The molecule has 0 radical (unpaired) electrons. The van der Waals surface area contributed by atoms with Gasteiger partial charge in [-0.25, -0.2) is 18.6 Å². The van der Waals surface area contributed by atoms with Gasteiger partial charge in [0.25, 0.3) is 12.3 Å². The Balaban J connectivity index is 1.52. The van der Waals surface area contributed by atoms with Gasteiger partial charge >= 0.3 is 6.09 Å². The van der Waals surface area contributed by atoms with Gasteiger partial charge in [0.1, 0.15) is 24.7 Å². The lowest BCUT2D eigenvalue weighted by atomic mass is 9.84. The van der Waals surface area contributed by atoms with Crippen LogP contribution in [-0.4, -0.2) is 97.7 Å². The number of carbonyl (C=O) groups is 2. The molecule has 0 aromatic carbocycles. The summed E-state index contributed by atoms with van der Waals surface area (Å²) < 4.78 is 45.5. The molecule has 44 heavy (non-hydrogen) atoms. The minimum Gasteiger partial charge on any atom is -0.444 e. The molecule has 4 rings (SSSR count). The van der Waals surface area contributed by atoms with Gasteiger partial charge in [-0.05, 0) is 64.5 Å². The molecule has 3 heterocycles. The molecule has 0 atom stereocenters. The quantitative estimate of drug-likeness (QED) is 0.201. The number of amides is 2. The molecule has 2 aliphatic rings. The molecule has 1 fully saturated rings. The van der Waals surface area contributed by atoms with E-state index in [1.54, 1.807) is 39.0 Å². The van der Waals surface area contributed by atoms with Crippen molar-refractivity contribution in [1.82, 2.24) is 19.4 Å². The van der Waals surface area contributed by atoms with Crippen molar-refractivity contribution in [2.45, 2.75) is 96.9 Å². The molecule has 0 saturated heterocycles. The Kier molecular flexibility index (Phi) is 10.9. The van der Waals surface area contributed by atoms with Crippen molar-refractivity contribution in [3.8, 4) is 0 Å². The lowest BCUT2D eigenvalue weighted by Crippen LogP contribution is -2.52. The number of halogens is 2. The smallest absolute Gasteiger partial charge is 0.410 e. The largest absolute Gasteiger partial charge is 0.444 e. The van der Waals surface area contributed by atoms with E-state index in [0.29, 0.717) is 25.6 Å². The third-order valence-corrected chi connectivity index (χ3v) is 9.85. The van der Waals surface area contributed by atoms with Crippen molar-refractivity contribution in [3.63, 3.8) is 0 Å². The van der Waals surface area contributed by atoms with Crippen molar-refractivity contribution in [2.24, 2.45) is 5.92 Å². The summed E-state index contributed by atoms with van der Waals surface area (Å²) in [6.07, 6.45) is 3.38. The Bertz CT molecular complexity index is 1290. The summed E-state index contributed by atoms with van der Waals surface area (Å²) in [6, 6.07) is 3.20. The van der Waals surface area contributed by atoms with Gasteiger partial charge in [0.15, 0.2) is 0 Å². The number of aromatic nitrogens is 2. The Hall–Kier alpha value is -2.77. The first-order chi connectivity index (χ1) is 20.7. The minimum absolute atomic E-state index is 0.0744. The second-order valence-corrected chi connectivity index (χ2v) is 19.8. The number of nitrogens with zero attached hydrogens (tertiary/aromatic N) is 5. The number of pyridine rings is 1. The molecular formula is C31H49F2N5O5Si. The van der Waals surface area contributed by atoms with Gasteiger partial charge in [0.2, 0.25) is 0 Å². The van der Waals surface area contributed by atoms with Gasteiger partial charge in [0.05, 0.1) is 24.5 Å². The van der Waals surface area contributed by atoms with Crippen molar-refractivity contribution in [2.75, 3.05) is 45.1 Å². The Morgan fingerprint density at radius 1 is 1.16 bits per heavy atom. The van der Waals surface area contributed by atoms with Crippen LogP contribution in [0.2, 0.25) is 25.7 Å². The normalized spacial score (nSPS) is 19.5. The van der Waals surface area contributed by atoms with Crippen molar-refractivity contribution in [1.29, 1.82) is 0 Å².